The van der Waals surface area contributed by atoms with Crippen LogP contribution in [0.25, 0.3) is 0 Å². The van der Waals surface area contributed by atoms with E-state index in [9.17, 15) is 4.79 Å². The summed E-state index contributed by atoms with van der Waals surface area (Å²) in [6.07, 6.45) is 0. The molecule has 1 N–H and O–H groups in total. The first kappa shape index (κ1) is 19.8. The fourth-order valence-corrected chi connectivity index (χ4v) is 2.57. The summed E-state index contributed by atoms with van der Waals surface area (Å²) in [6, 6.07) is 13.2. The van der Waals surface area contributed by atoms with Gasteiger partial charge in [0.2, 0.25) is 0 Å². The van der Waals surface area contributed by atoms with Crippen LogP contribution in [0.15, 0.2) is 42.5 Å². The molecule has 2 rings (SSSR count). The van der Waals surface area contributed by atoms with Crippen LogP contribution >= 0.6 is 0 Å². The van der Waals surface area contributed by atoms with Gasteiger partial charge < -0.3 is 19.5 Å². The van der Waals surface area contributed by atoms with Crippen LogP contribution in [0.3, 0.4) is 0 Å². The number of carbonyl (C=O) groups is 1. The number of hydrogen-bond donors (Lipinski definition) is 1. The number of amides is 1. The number of para-hydroxylation sites is 2. The molecule has 0 unspecified atom stereocenters. The highest BCUT2D eigenvalue weighted by Crippen LogP contribution is 2.22. The Morgan fingerprint density at radius 3 is 2.38 bits per heavy atom. The van der Waals surface area contributed by atoms with Gasteiger partial charge in [-0.05, 0) is 44.0 Å². The third kappa shape index (κ3) is 5.77. The minimum Gasteiger partial charge on any atom is -0.491 e. The van der Waals surface area contributed by atoms with Crippen molar-refractivity contribution in [1.82, 2.24) is 5.32 Å². The molecular formula is C21H27NO4. The number of aryl methyl sites for hydroxylation is 2. The van der Waals surface area contributed by atoms with E-state index in [2.05, 4.69) is 5.32 Å². The number of hydrogen-bond acceptors (Lipinski definition) is 4. The molecule has 5 nitrogen and oxygen atoms in total. The summed E-state index contributed by atoms with van der Waals surface area (Å²) in [4.78, 5) is 12.4. The van der Waals surface area contributed by atoms with E-state index < -0.39 is 0 Å². The molecule has 0 aliphatic carbocycles. The van der Waals surface area contributed by atoms with Gasteiger partial charge in [-0.2, -0.15) is 0 Å². The van der Waals surface area contributed by atoms with Crippen molar-refractivity contribution in [2.75, 3.05) is 33.0 Å². The van der Waals surface area contributed by atoms with Gasteiger partial charge >= 0.3 is 0 Å². The molecule has 0 spiro atoms. The summed E-state index contributed by atoms with van der Waals surface area (Å²) >= 11 is 0. The lowest BCUT2D eigenvalue weighted by atomic mass is 10.1. The van der Waals surface area contributed by atoms with E-state index in [-0.39, 0.29) is 5.91 Å². The Morgan fingerprint density at radius 1 is 0.923 bits per heavy atom. The largest absolute Gasteiger partial charge is 0.491 e. The average molecular weight is 357 g/mol. The highest BCUT2D eigenvalue weighted by atomic mass is 16.5. The van der Waals surface area contributed by atoms with Crippen LogP contribution in [0.1, 0.15) is 28.4 Å². The van der Waals surface area contributed by atoms with E-state index in [1.165, 1.54) is 0 Å². The fraction of sp³-hybridized carbons (Fsp3) is 0.381. The summed E-state index contributed by atoms with van der Waals surface area (Å²) in [5.41, 5.74) is 2.69. The monoisotopic (exact) mass is 357 g/mol. The van der Waals surface area contributed by atoms with E-state index in [0.717, 1.165) is 16.9 Å². The number of rotatable bonds is 10. The van der Waals surface area contributed by atoms with Crippen LogP contribution < -0.4 is 14.8 Å². The Hall–Kier alpha value is -2.53. The van der Waals surface area contributed by atoms with Crippen LogP contribution in [-0.4, -0.2) is 38.9 Å². The quantitative estimate of drug-likeness (QED) is 0.661. The Labute approximate surface area is 155 Å². The third-order valence-electron chi connectivity index (χ3n) is 3.86. The van der Waals surface area contributed by atoms with Crippen molar-refractivity contribution in [1.29, 1.82) is 0 Å². The highest BCUT2D eigenvalue weighted by molar-refractivity contribution is 5.96. The Bertz CT molecular complexity index is 695. The second-order valence-corrected chi connectivity index (χ2v) is 5.87. The molecule has 2 aromatic carbocycles. The van der Waals surface area contributed by atoms with Gasteiger partial charge in [0.1, 0.15) is 24.7 Å². The molecule has 26 heavy (non-hydrogen) atoms. The molecule has 0 fully saturated rings. The summed E-state index contributed by atoms with van der Waals surface area (Å²) in [7, 11) is 0. The predicted molar refractivity (Wildman–Crippen MR) is 102 cm³/mol. The normalized spacial score (nSPS) is 10.4. The van der Waals surface area contributed by atoms with Crippen molar-refractivity contribution >= 4 is 5.91 Å². The summed E-state index contributed by atoms with van der Waals surface area (Å²) in [5, 5.41) is 2.87. The zero-order chi connectivity index (χ0) is 18.8. The van der Waals surface area contributed by atoms with E-state index >= 15 is 0 Å². The van der Waals surface area contributed by atoms with Gasteiger partial charge in [0.25, 0.3) is 5.91 Å². The molecule has 0 bridgehead atoms. The lowest BCUT2D eigenvalue weighted by Crippen LogP contribution is -2.28. The van der Waals surface area contributed by atoms with Crippen molar-refractivity contribution in [3.63, 3.8) is 0 Å². The van der Waals surface area contributed by atoms with Crippen LogP contribution in [0, 0.1) is 13.8 Å². The van der Waals surface area contributed by atoms with E-state index in [4.69, 9.17) is 14.2 Å². The smallest absolute Gasteiger partial charge is 0.255 e. The number of ether oxygens (including phenoxy) is 3. The van der Waals surface area contributed by atoms with Gasteiger partial charge in [-0.25, -0.2) is 0 Å². The van der Waals surface area contributed by atoms with Gasteiger partial charge in [-0.1, -0.05) is 30.3 Å². The first-order valence-corrected chi connectivity index (χ1v) is 8.90. The molecule has 0 heterocycles. The van der Waals surface area contributed by atoms with Gasteiger partial charge in [0, 0.05) is 6.61 Å². The van der Waals surface area contributed by atoms with Gasteiger partial charge in [-0.15, -0.1) is 0 Å². The molecule has 0 radical (unpaired) electrons. The summed E-state index contributed by atoms with van der Waals surface area (Å²) in [5.74, 6) is 1.25. The minimum absolute atomic E-state index is 0.179. The molecular weight excluding hydrogens is 330 g/mol. The highest BCUT2D eigenvalue weighted by Gasteiger charge is 2.12. The first-order valence-electron chi connectivity index (χ1n) is 8.90. The number of carbonyl (C=O) groups excluding carboxylic acids is 1. The van der Waals surface area contributed by atoms with Gasteiger partial charge in [0.05, 0.1) is 18.7 Å². The van der Waals surface area contributed by atoms with Crippen LogP contribution in [0.5, 0.6) is 11.5 Å². The standard InChI is InChI=1S/C21H27NO4/c1-4-24-14-15-25-19-11-6-5-10-18(19)21(23)22-12-13-26-20-16(2)8-7-9-17(20)3/h5-11H,4,12-15H2,1-3H3,(H,22,23). The second kappa shape index (κ2) is 10.5. The van der Waals surface area contributed by atoms with Gasteiger partial charge in [0.15, 0.2) is 0 Å². The Morgan fingerprint density at radius 2 is 1.65 bits per heavy atom. The lowest BCUT2D eigenvalue weighted by Gasteiger charge is -2.14. The van der Waals surface area contributed by atoms with Crippen molar-refractivity contribution in [2.24, 2.45) is 0 Å². The minimum atomic E-state index is -0.179. The van der Waals surface area contributed by atoms with Crippen molar-refractivity contribution in [2.45, 2.75) is 20.8 Å². The maximum Gasteiger partial charge on any atom is 0.255 e. The van der Waals surface area contributed by atoms with E-state index in [1.807, 2.05) is 51.1 Å². The molecule has 0 atom stereocenters. The molecule has 5 heteroatoms. The topological polar surface area (TPSA) is 56.8 Å². The van der Waals surface area contributed by atoms with Crippen molar-refractivity contribution < 1.29 is 19.0 Å². The number of nitrogens with one attached hydrogen (secondary N) is 1. The first-order chi connectivity index (χ1) is 12.6. The second-order valence-electron chi connectivity index (χ2n) is 5.87. The molecule has 0 aromatic heterocycles. The van der Waals surface area contributed by atoms with Crippen LogP contribution in [-0.2, 0) is 4.74 Å². The third-order valence-corrected chi connectivity index (χ3v) is 3.86. The lowest BCUT2D eigenvalue weighted by molar-refractivity contribution is 0.0930. The number of benzene rings is 2. The Balaban J connectivity index is 1.84. The van der Waals surface area contributed by atoms with Gasteiger partial charge in [-0.3, -0.25) is 4.79 Å². The molecule has 140 valence electrons. The summed E-state index contributed by atoms with van der Waals surface area (Å²) in [6.45, 7) is 8.33. The SMILES string of the molecule is CCOCCOc1ccccc1C(=O)NCCOc1c(C)cccc1C. The zero-order valence-electron chi connectivity index (χ0n) is 15.7. The summed E-state index contributed by atoms with van der Waals surface area (Å²) < 4.78 is 16.7. The van der Waals surface area contributed by atoms with Crippen LogP contribution in [0.2, 0.25) is 0 Å². The molecule has 0 aliphatic heterocycles. The molecule has 0 saturated carbocycles. The maximum atomic E-state index is 12.4. The van der Waals surface area contributed by atoms with Crippen molar-refractivity contribution in [3.8, 4) is 11.5 Å². The van der Waals surface area contributed by atoms with Crippen LogP contribution in [0.4, 0.5) is 0 Å². The molecule has 1 amide bonds. The molecule has 2 aromatic rings. The average Bonchev–Trinajstić information content (AvgIpc) is 2.64. The van der Waals surface area contributed by atoms with E-state index in [0.29, 0.717) is 44.3 Å². The maximum absolute atomic E-state index is 12.4. The molecule has 0 aliphatic rings. The predicted octanol–water partition coefficient (Wildman–Crippen LogP) is 3.53. The van der Waals surface area contributed by atoms with Crippen molar-refractivity contribution in [3.05, 3.63) is 59.2 Å². The van der Waals surface area contributed by atoms with E-state index in [1.54, 1.807) is 12.1 Å². The zero-order valence-corrected chi connectivity index (χ0v) is 15.7. The Kier molecular flexibility index (Phi) is 7.96. The molecule has 0 saturated heterocycles. The fourth-order valence-electron chi connectivity index (χ4n) is 2.57.